The molecule has 0 aliphatic carbocycles. The van der Waals surface area contributed by atoms with Gasteiger partial charge in [0.15, 0.2) is 0 Å². The van der Waals surface area contributed by atoms with Crippen molar-refractivity contribution in [2.45, 2.75) is 12.6 Å². The lowest BCUT2D eigenvalue weighted by Gasteiger charge is -2.16. The highest BCUT2D eigenvalue weighted by atomic mass is 19.4. The SMILES string of the molecule is O=C(O)c1ccc2c(c1)N(CC#Cc1ccc(-c3ccccc3)c(C(F)(F)F)c1)CC2. The lowest BCUT2D eigenvalue weighted by molar-refractivity contribution is -0.137. The summed E-state index contributed by atoms with van der Waals surface area (Å²) in [6, 6.07) is 17.5. The number of benzene rings is 3. The molecular weight excluding hydrogens is 403 g/mol. The van der Waals surface area contributed by atoms with E-state index in [1.54, 1.807) is 54.6 Å². The quantitative estimate of drug-likeness (QED) is 0.569. The van der Waals surface area contributed by atoms with Crippen LogP contribution < -0.4 is 4.90 Å². The van der Waals surface area contributed by atoms with Gasteiger partial charge in [-0.2, -0.15) is 13.2 Å². The topological polar surface area (TPSA) is 40.5 Å². The molecule has 0 bridgehead atoms. The van der Waals surface area contributed by atoms with Crippen LogP contribution in [0.3, 0.4) is 0 Å². The van der Waals surface area contributed by atoms with Crippen LogP contribution in [0.1, 0.15) is 27.0 Å². The molecule has 0 fully saturated rings. The molecule has 4 rings (SSSR count). The van der Waals surface area contributed by atoms with E-state index in [1.165, 1.54) is 6.07 Å². The minimum Gasteiger partial charge on any atom is -0.478 e. The second-order valence-electron chi connectivity index (χ2n) is 7.25. The molecule has 0 saturated carbocycles. The van der Waals surface area contributed by atoms with Gasteiger partial charge in [0.1, 0.15) is 0 Å². The van der Waals surface area contributed by atoms with E-state index in [9.17, 15) is 23.1 Å². The molecule has 6 heteroatoms. The lowest BCUT2D eigenvalue weighted by Crippen LogP contribution is -2.20. The van der Waals surface area contributed by atoms with Gasteiger partial charge in [0.2, 0.25) is 0 Å². The van der Waals surface area contributed by atoms with E-state index in [0.29, 0.717) is 18.7 Å². The Morgan fingerprint density at radius 1 is 1.03 bits per heavy atom. The van der Waals surface area contributed by atoms with Crippen LogP contribution in [0.2, 0.25) is 0 Å². The molecular formula is C25H18F3NO2. The van der Waals surface area contributed by atoms with E-state index in [2.05, 4.69) is 11.8 Å². The van der Waals surface area contributed by atoms with Crippen LogP contribution in [0.15, 0.2) is 66.7 Å². The fraction of sp³-hybridized carbons (Fsp3) is 0.160. The molecule has 0 atom stereocenters. The number of carbonyl (C=O) groups is 1. The molecule has 1 aliphatic heterocycles. The number of alkyl halides is 3. The Kier molecular flexibility index (Phi) is 5.43. The first-order valence-electron chi connectivity index (χ1n) is 9.69. The van der Waals surface area contributed by atoms with Crippen LogP contribution in [0.5, 0.6) is 0 Å². The Morgan fingerprint density at radius 3 is 2.52 bits per heavy atom. The van der Waals surface area contributed by atoms with Crippen molar-refractivity contribution in [2.75, 3.05) is 18.0 Å². The van der Waals surface area contributed by atoms with E-state index in [4.69, 9.17) is 0 Å². The average Bonchev–Trinajstić information content (AvgIpc) is 3.16. The maximum Gasteiger partial charge on any atom is 0.417 e. The Morgan fingerprint density at radius 2 is 1.81 bits per heavy atom. The maximum absolute atomic E-state index is 13.6. The minimum absolute atomic E-state index is 0.119. The average molecular weight is 421 g/mol. The molecule has 1 heterocycles. The molecule has 156 valence electrons. The van der Waals surface area contributed by atoms with Gasteiger partial charge in [-0.1, -0.05) is 54.3 Å². The first-order chi connectivity index (χ1) is 14.8. The summed E-state index contributed by atoms with van der Waals surface area (Å²) in [5.74, 6) is 4.75. The summed E-state index contributed by atoms with van der Waals surface area (Å²) in [7, 11) is 0. The van der Waals surface area contributed by atoms with Gasteiger partial charge in [0.25, 0.3) is 0 Å². The fourth-order valence-corrected chi connectivity index (χ4v) is 3.71. The molecule has 1 aliphatic rings. The maximum atomic E-state index is 13.6. The summed E-state index contributed by atoms with van der Waals surface area (Å²) in [5, 5.41) is 9.19. The van der Waals surface area contributed by atoms with Gasteiger partial charge >= 0.3 is 12.1 Å². The van der Waals surface area contributed by atoms with Crippen LogP contribution in [0.25, 0.3) is 11.1 Å². The molecule has 0 spiro atoms. The summed E-state index contributed by atoms with van der Waals surface area (Å²) < 4.78 is 40.9. The predicted octanol–water partition coefficient (Wildman–Crippen LogP) is 5.48. The summed E-state index contributed by atoms with van der Waals surface area (Å²) in [5.41, 5.74) is 2.23. The van der Waals surface area contributed by atoms with Crippen LogP contribution in [-0.4, -0.2) is 24.2 Å². The predicted molar refractivity (Wildman–Crippen MR) is 113 cm³/mol. The number of anilines is 1. The molecule has 0 radical (unpaired) electrons. The second-order valence-corrected chi connectivity index (χ2v) is 7.25. The molecule has 3 aromatic carbocycles. The van der Waals surface area contributed by atoms with E-state index in [1.807, 2.05) is 4.90 Å². The van der Waals surface area contributed by atoms with Gasteiger partial charge in [-0.25, -0.2) is 4.79 Å². The molecule has 0 unspecified atom stereocenters. The molecule has 0 saturated heterocycles. The van der Waals surface area contributed by atoms with Crippen LogP contribution in [0, 0.1) is 11.8 Å². The third-order valence-corrected chi connectivity index (χ3v) is 5.24. The van der Waals surface area contributed by atoms with Gasteiger partial charge in [0, 0.05) is 17.8 Å². The number of fused-ring (bicyclic) bond motifs is 1. The van der Waals surface area contributed by atoms with Crippen molar-refractivity contribution in [1.82, 2.24) is 0 Å². The van der Waals surface area contributed by atoms with Crippen molar-refractivity contribution >= 4 is 11.7 Å². The van der Waals surface area contributed by atoms with Crippen molar-refractivity contribution in [2.24, 2.45) is 0 Å². The minimum atomic E-state index is -4.50. The zero-order chi connectivity index (χ0) is 22.0. The van der Waals surface area contributed by atoms with Gasteiger partial charge < -0.3 is 10.0 Å². The standard InChI is InChI=1S/C25H18F3NO2/c26-25(27,28)22-15-17(8-11-21(22)18-6-2-1-3-7-18)5-4-13-29-14-12-19-9-10-20(24(30)31)16-23(19)29/h1-3,6-11,15-16H,12-14H2,(H,30,31). The smallest absolute Gasteiger partial charge is 0.417 e. The van der Waals surface area contributed by atoms with Crippen molar-refractivity contribution in [3.8, 4) is 23.0 Å². The third-order valence-electron chi connectivity index (χ3n) is 5.24. The van der Waals surface area contributed by atoms with Gasteiger partial charge in [-0.3, -0.25) is 0 Å². The van der Waals surface area contributed by atoms with E-state index < -0.39 is 17.7 Å². The summed E-state index contributed by atoms with van der Waals surface area (Å²) in [6.45, 7) is 0.992. The highest BCUT2D eigenvalue weighted by Gasteiger charge is 2.33. The zero-order valence-corrected chi connectivity index (χ0v) is 16.4. The molecule has 0 amide bonds. The second kappa shape index (κ2) is 8.19. The van der Waals surface area contributed by atoms with Gasteiger partial charge in [-0.15, -0.1) is 0 Å². The van der Waals surface area contributed by atoms with Crippen molar-refractivity contribution in [1.29, 1.82) is 0 Å². The number of nitrogens with zero attached hydrogens (tertiary/aromatic N) is 1. The summed E-state index contributed by atoms with van der Waals surface area (Å²) in [4.78, 5) is 13.2. The number of aromatic carboxylic acids is 1. The molecule has 1 N–H and O–H groups in total. The fourth-order valence-electron chi connectivity index (χ4n) is 3.71. The van der Waals surface area contributed by atoms with Crippen LogP contribution >= 0.6 is 0 Å². The molecule has 3 nitrogen and oxygen atoms in total. The Bertz CT molecular complexity index is 1190. The van der Waals surface area contributed by atoms with E-state index in [-0.39, 0.29) is 16.7 Å². The summed E-state index contributed by atoms with van der Waals surface area (Å²) in [6.07, 6.45) is -3.72. The van der Waals surface area contributed by atoms with Crippen molar-refractivity contribution < 1.29 is 23.1 Å². The Balaban J connectivity index is 1.59. The van der Waals surface area contributed by atoms with Gasteiger partial charge in [0.05, 0.1) is 17.7 Å². The van der Waals surface area contributed by atoms with Crippen LogP contribution in [-0.2, 0) is 12.6 Å². The monoisotopic (exact) mass is 421 g/mol. The highest BCUT2D eigenvalue weighted by Crippen LogP contribution is 2.37. The zero-order valence-electron chi connectivity index (χ0n) is 16.4. The Hall–Kier alpha value is -3.72. The Labute approximate surface area is 177 Å². The first kappa shape index (κ1) is 20.5. The summed E-state index contributed by atoms with van der Waals surface area (Å²) >= 11 is 0. The van der Waals surface area contributed by atoms with Crippen molar-refractivity contribution in [3.05, 3.63) is 89.0 Å². The number of hydrogen-bond donors (Lipinski definition) is 1. The number of halogens is 3. The highest BCUT2D eigenvalue weighted by molar-refractivity contribution is 5.89. The number of carboxylic acid groups (broad SMARTS) is 1. The lowest BCUT2D eigenvalue weighted by atomic mass is 9.97. The van der Waals surface area contributed by atoms with E-state index in [0.717, 1.165) is 23.7 Å². The number of rotatable bonds is 3. The van der Waals surface area contributed by atoms with Crippen LogP contribution in [0.4, 0.5) is 18.9 Å². The van der Waals surface area contributed by atoms with Crippen molar-refractivity contribution in [3.63, 3.8) is 0 Å². The van der Waals surface area contributed by atoms with Gasteiger partial charge in [-0.05, 0) is 47.4 Å². The molecule has 31 heavy (non-hydrogen) atoms. The largest absolute Gasteiger partial charge is 0.478 e. The normalized spacial score (nSPS) is 12.8. The van der Waals surface area contributed by atoms with E-state index >= 15 is 0 Å². The molecule has 3 aromatic rings. The molecule has 0 aromatic heterocycles. The number of hydrogen-bond acceptors (Lipinski definition) is 2. The third kappa shape index (κ3) is 4.41. The number of carboxylic acids is 1. The first-order valence-corrected chi connectivity index (χ1v) is 9.69.